The molecule has 0 saturated carbocycles. The molecule has 2 heteroatoms. The summed E-state index contributed by atoms with van der Waals surface area (Å²) in [5.74, 6) is 0.0332. The number of aldehydes is 1. The van der Waals surface area contributed by atoms with Gasteiger partial charge in [0.25, 0.3) is 0 Å². The maximum absolute atomic E-state index is 9.84. The van der Waals surface area contributed by atoms with Crippen molar-refractivity contribution in [3.8, 4) is 0 Å². The summed E-state index contributed by atoms with van der Waals surface area (Å²) in [5, 5.41) is 9.34. The predicted molar refractivity (Wildman–Crippen MR) is 48.6 cm³/mol. The first kappa shape index (κ1) is 11.4. The van der Waals surface area contributed by atoms with Gasteiger partial charge < -0.3 is 9.90 Å². The Morgan fingerprint density at radius 3 is 2.50 bits per heavy atom. The number of rotatable bonds is 7. The molecule has 0 aromatic carbocycles. The lowest BCUT2D eigenvalue weighted by Crippen LogP contribution is -2.16. The van der Waals surface area contributed by atoms with Crippen molar-refractivity contribution in [2.45, 2.75) is 13.0 Å². The maximum atomic E-state index is 9.84. The number of unbranched alkanes of at least 4 members (excludes halogenated alkanes) is 2. The summed E-state index contributed by atoms with van der Waals surface area (Å²) in [4.78, 5) is 9.84. The number of aliphatic hydroxyl groups excluding tert-OH is 1. The molecular formula is C10H14O2. The molecule has 0 heterocycles. The Balaban J connectivity index is 3.36. The van der Waals surface area contributed by atoms with Crippen molar-refractivity contribution in [1.82, 2.24) is 0 Å². The van der Waals surface area contributed by atoms with Crippen LogP contribution in [0, 0.1) is 31.6 Å². The fourth-order valence-corrected chi connectivity index (χ4v) is 0.602. The Bertz CT molecular complexity index is 132. The summed E-state index contributed by atoms with van der Waals surface area (Å²) < 4.78 is 0. The van der Waals surface area contributed by atoms with Gasteiger partial charge in [-0.25, -0.2) is 0 Å². The molecule has 0 aliphatic heterocycles. The zero-order valence-electron chi connectivity index (χ0n) is 7.18. The first-order valence-corrected chi connectivity index (χ1v) is 3.81. The van der Waals surface area contributed by atoms with E-state index in [1.807, 2.05) is 6.92 Å². The van der Waals surface area contributed by atoms with Crippen LogP contribution in [0.25, 0.3) is 0 Å². The molecule has 0 saturated heterocycles. The van der Waals surface area contributed by atoms with Crippen molar-refractivity contribution >= 4 is 6.29 Å². The fourth-order valence-electron chi connectivity index (χ4n) is 0.602. The van der Waals surface area contributed by atoms with Gasteiger partial charge in [0.2, 0.25) is 0 Å². The third-order valence-corrected chi connectivity index (χ3v) is 1.52. The highest BCUT2D eigenvalue weighted by Gasteiger charge is 2.09. The summed E-state index contributed by atoms with van der Waals surface area (Å²) in [6, 6.07) is 0. The Morgan fingerprint density at radius 2 is 2.00 bits per heavy atom. The monoisotopic (exact) mass is 166 g/mol. The number of hydrogen-bond acceptors (Lipinski definition) is 2. The van der Waals surface area contributed by atoms with Crippen LogP contribution in [0.1, 0.15) is 6.92 Å². The molecule has 0 aliphatic rings. The third kappa shape index (κ3) is 5.08. The van der Waals surface area contributed by atoms with E-state index in [9.17, 15) is 9.90 Å². The van der Waals surface area contributed by atoms with E-state index in [4.69, 9.17) is 0 Å². The maximum Gasteiger partial charge on any atom is 0.124 e. The molecule has 0 rings (SSSR count). The zero-order valence-corrected chi connectivity index (χ0v) is 7.18. The van der Waals surface area contributed by atoms with E-state index in [0.29, 0.717) is 6.29 Å². The first-order valence-electron chi connectivity index (χ1n) is 3.81. The molecule has 0 aromatic heterocycles. The van der Waals surface area contributed by atoms with Crippen LogP contribution in [0.5, 0.6) is 0 Å². The van der Waals surface area contributed by atoms with Gasteiger partial charge in [-0.15, -0.1) is 6.58 Å². The van der Waals surface area contributed by atoms with Crippen molar-refractivity contribution in [2.75, 3.05) is 0 Å². The highest BCUT2D eigenvalue weighted by atomic mass is 16.3. The second-order valence-electron chi connectivity index (χ2n) is 2.49. The van der Waals surface area contributed by atoms with E-state index < -0.39 is 6.10 Å². The summed E-state index contributed by atoms with van der Waals surface area (Å²) >= 11 is 0. The number of carbonyl (C=O) groups is 1. The standard InChI is InChI=1S/C10H14O2/c1-3-9(2)10(12)7-5-4-6-8-11/h3-10,12H,1H2,2H3/t9-,10+/m1/s1. The number of hydrogen-bond donors (Lipinski definition) is 1. The van der Waals surface area contributed by atoms with Crippen LogP contribution >= 0.6 is 0 Å². The van der Waals surface area contributed by atoms with Crippen molar-refractivity contribution in [1.29, 1.82) is 0 Å². The molecule has 0 bridgehead atoms. The SMILES string of the molecule is C=C[C@@H](C)[C@@H](O)[CH][CH][CH][CH]C=O. The van der Waals surface area contributed by atoms with E-state index >= 15 is 0 Å². The Morgan fingerprint density at radius 1 is 1.33 bits per heavy atom. The molecule has 12 heavy (non-hydrogen) atoms. The van der Waals surface area contributed by atoms with Gasteiger partial charge >= 0.3 is 0 Å². The minimum absolute atomic E-state index is 0.0332. The zero-order chi connectivity index (χ0) is 9.40. The highest BCUT2D eigenvalue weighted by molar-refractivity contribution is 5.64. The van der Waals surface area contributed by atoms with E-state index in [2.05, 4.69) is 6.58 Å². The normalized spacial score (nSPS) is 15.2. The van der Waals surface area contributed by atoms with Gasteiger partial charge in [-0.1, -0.05) is 13.0 Å². The van der Waals surface area contributed by atoms with Crippen molar-refractivity contribution in [3.05, 3.63) is 38.3 Å². The van der Waals surface area contributed by atoms with E-state index in [-0.39, 0.29) is 5.92 Å². The Kier molecular flexibility index (Phi) is 6.67. The van der Waals surface area contributed by atoms with Gasteiger partial charge in [0.1, 0.15) is 6.29 Å². The Labute approximate surface area is 74.3 Å². The summed E-state index contributed by atoms with van der Waals surface area (Å²) in [6.45, 7) is 5.42. The van der Waals surface area contributed by atoms with Crippen LogP contribution < -0.4 is 0 Å². The second-order valence-corrected chi connectivity index (χ2v) is 2.49. The lowest BCUT2D eigenvalue weighted by atomic mass is 9.99. The summed E-state index contributed by atoms with van der Waals surface area (Å²) in [5.41, 5.74) is 0. The van der Waals surface area contributed by atoms with Crippen LogP contribution in [0.2, 0.25) is 0 Å². The lowest BCUT2D eigenvalue weighted by Gasteiger charge is -2.13. The average Bonchev–Trinajstić information content (AvgIpc) is 2.10. The minimum atomic E-state index is -0.529. The smallest absolute Gasteiger partial charge is 0.124 e. The van der Waals surface area contributed by atoms with Crippen LogP contribution in [0.15, 0.2) is 12.7 Å². The van der Waals surface area contributed by atoms with Gasteiger partial charge in [-0.2, -0.15) is 0 Å². The number of carbonyl (C=O) groups excluding carboxylic acids is 1. The summed E-state index contributed by atoms with van der Waals surface area (Å²) in [7, 11) is 0. The average molecular weight is 166 g/mol. The van der Waals surface area contributed by atoms with Gasteiger partial charge in [0.15, 0.2) is 0 Å². The quantitative estimate of drug-likeness (QED) is 0.350. The topological polar surface area (TPSA) is 37.3 Å². The lowest BCUT2D eigenvalue weighted by molar-refractivity contribution is -0.105. The molecular weight excluding hydrogens is 152 g/mol. The van der Waals surface area contributed by atoms with Crippen LogP contribution in [-0.4, -0.2) is 17.5 Å². The predicted octanol–water partition coefficient (Wildman–Crippen LogP) is 1.19. The van der Waals surface area contributed by atoms with Crippen molar-refractivity contribution in [2.24, 2.45) is 5.92 Å². The fraction of sp³-hybridized carbons (Fsp3) is 0.300. The van der Waals surface area contributed by atoms with E-state index in [1.54, 1.807) is 25.3 Å². The van der Waals surface area contributed by atoms with Crippen molar-refractivity contribution < 1.29 is 9.90 Å². The van der Waals surface area contributed by atoms with Gasteiger partial charge in [0.05, 0.1) is 6.10 Å². The molecule has 0 fully saturated rings. The molecule has 0 unspecified atom stereocenters. The van der Waals surface area contributed by atoms with Gasteiger partial charge in [-0.05, 0) is 25.2 Å². The molecule has 4 radical (unpaired) electrons. The summed E-state index contributed by atoms with van der Waals surface area (Å²) in [6.07, 6.45) is 8.03. The third-order valence-electron chi connectivity index (χ3n) is 1.52. The second kappa shape index (κ2) is 7.04. The van der Waals surface area contributed by atoms with Crippen molar-refractivity contribution in [3.63, 3.8) is 0 Å². The van der Waals surface area contributed by atoms with Gasteiger partial charge in [0, 0.05) is 6.42 Å². The van der Waals surface area contributed by atoms with E-state index in [0.717, 1.165) is 0 Å². The van der Waals surface area contributed by atoms with Crippen LogP contribution in [0.4, 0.5) is 0 Å². The van der Waals surface area contributed by atoms with Gasteiger partial charge in [-0.3, -0.25) is 0 Å². The largest absolute Gasteiger partial charge is 0.392 e. The number of aliphatic hydroxyl groups is 1. The highest BCUT2D eigenvalue weighted by Crippen LogP contribution is 2.09. The molecule has 0 aromatic rings. The molecule has 0 amide bonds. The van der Waals surface area contributed by atoms with E-state index in [1.165, 1.54) is 6.42 Å². The molecule has 0 aliphatic carbocycles. The first-order chi connectivity index (χ1) is 5.72. The molecule has 1 N–H and O–H groups in total. The molecule has 2 nitrogen and oxygen atoms in total. The minimum Gasteiger partial charge on any atom is -0.392 e. The van der Waals surface area contributed by atoms with Crippen LogP contribution in [0.3, 0.4) is 0 Å². The molecule has 2 atom stereocenters. The van der Waals surface area contributed by atoms with Crippen LogP contribution in [-0.2, 0) is 4.79 Å². The Hall–Kier alpha value is -0.630. The molecule has 66 valence electrons. The molecule has 0 spiro atoms.